The molecule has 2 heterocycles. The predicted octanol–water partition coefficient (Wildman–Crippen LogP) is 2.08. The monoisotopic (exact) mass is 317 g/mol. The van der Waals surface area contributed by atoms with Crippen LogP contribution in [-0.4, -0.2) is 30.5 Å². The average molecular weight is 317 g/mol. The van der Waals surface area contributed by atoms with Crippen LogP contribution in [-0.2, 0) is 6.42 Å². The maximum absolute atomic E-state index is 12.3. The number of hydrogen-bond acceptors (Lipinski definition) is 5. The summed E-state index contributed by atoms with van der Waals surface area (Å²) >= 11 is 1.20. The van der Waals surface area contributed by atoms with Gasteiger partial charge in [-0.15, -0.1) is 0 Å². The molecule has 0 saturated carbocycles. The van der Waals surface area contributed by atoms with E-state index in [1.165, 1.54) is 18.4 Å². The van der Waals surface area contributed by atoms with Gasteiger partial charge in [-0.25, -0.2) is 4.98 Å². The third-order valence-corrected chi connectivity index (χ3v) is 4.36. The van der Waals surface area contributed by atoms with E-state index in [9.17, 15) is 9.59 Å². The molecular formula is C15H15N3O3S. The second-order valence-electron chi connectivity index (χ2n) is 4.81. The van der Waals surface area contributed by atoms with Crippen molar-refractivity contribution in [1.82, 2.24) is 10.3 Å². The lowest BCUT2D eigenvalue weighted by Gasteiger charge is -2.07. The molecule has 0 fully saturated rings. The molecule has 0 saturated heterocycles. The Hall–Kier alpha value is -2.41. The Morgan fingerprint density at radius 3 is 3.05 bits per heavy atom. The van der Waals surface area contributed by atoms with Crippen LogP contribution in [0.3, 0.4) is 0 Å². The summed E-state index contributed by atoms with van der Waals surface area (Å²) in [5, 5.41) is 5.98. The first-order chi connectivity index (χ1) is 10.7. The summed E-state index contributed by atoms with van der Waals surface area (Å²) in [4.78, 5) is 29.2. The number of ether oxygens (including phenoxy) is 1. The molecule has 22 heavy (non-hydrogen) atoms. The quantitative estimate of drug-likeness (QED) is 0.908. The van der Waals surface area contributed by atoms with Gasteiger partial charge in [-0.05, 0) is 25.0 Å². The van der Waals surface area contributed by atoms with Crippen LogP contribution >= 0.6 is 11.3 Å². The van der Waals surface area contributed by atoms with E-state index in [1.807, 2.05) is 0 Å². The average Bonchev–Trinajstić information content (AvgIpc) is 2.86. The van der Waals surface area contributed by atoms with Crippen LogP contribution in [0, 0.1) is 0 Å². The zero-order valence-corrected chi connectivity index (χ0v) is 12.8. The number of anilines is 1. The first-order valence-electron chi connectivity index (χ1n) is 6.91. The van der Waals surface area contributed by atoms with Crippen LogP contribution in [0.2, 0.25) is 0 Å². The molecule has 1 aromatic heterocycles. The van der Waals surface area contributed by atoms with E-state index in [1.54, 1.807) is 24.3 Å². The minimum absolute atomic E-state index is 0.122. The van der Waals surface area contributed by atoms with E-state index in [0.717, 1.165) is 18.5 Å². The summed E-state index contributed by atoms with van der Waals surface area (Å²) in [7, 11) is 1.52. The van der Waals surface area contributed by atoms with Crippen LogP contribution in [0.15, 0.2) is 24.3 Å². The molecule has 0 unspecified atom stereocenters. The molecule has 1 aliphatic rings. The number of amides is 2. The second kappa shape index (κ2) is 6.15. The molecular weight excluding hydrogens is 302 g/mol. The highest BCUT2D eigenvalue weighted by atomic mass is 32.1. The number of fused-ring (bicyclic) bond motifs is 1. The number of aromatic nitrogens is 1. The molecule has 2 aromatic rings. The fraction of sp³-hybridized carbons (Fsp3) is 0.267. The van der Waals surface area contributed by atoms with Gasteiger partial charge in [0.05, 0.1) is 18.4 Å². The summed E-state index contributed by atoms with van der Waals surface area (Å²) in [6, 6.07) is 6.96. The maximum atomic E-state index is 12.3. The number of aryl methyl sites for hydroxylation is 1. The van der Waals surface area contributed by atoms with Gasteiger partial charge >= 0.3 is 0 Å². The molecule has 0 radical (unpaired) electrons. The summed E-state index contributed by atoms with van der Waals surface area (Å²) in [6.45, 7) is 0.658. The lowest BCUT2D eigenvalue weighted by Crippen LogP contribution is -2.21. The van der Waals surface area contributed by atoms with Gasteiger partial charge in [0.25, 0.3) is 11.8 Å². The van der Waals surface area contributed by atoms with E-state index in [2.05, 4.69) is 15.6 Å². The van der Waals surface area contributed by atoms with Crippen molar-refractivity contribution >= 4 is 28.3 Å². The maximum Gasteiger partial charge on any atom is 0.263 e. The summed E-state index contributed by atoms with van der Waals surface area (Å²) in [5.74, 6) is 0.0698. The second-order valence-corrected chi connectivity index (χ2v) is 5.81. The highest BCUT2D eigenvalue weighted by Crippen LogP contribution is 2.27. The molecule has 2 N–H and O–H groups in total. The Morgan fingerprint density at radius 1 is 1.41 bits per heavy atom. The number of para-hydroxylation sites is 1. The van der Waals surface area contributed by atoms with E-state index in [4.69, 9.17) is 4.74 Å². The molecule has 1 aliphatic heterocycles. The van der Waals surface area contributed by atoms with Crippen molar-refractivity contribution in [2.75, 3.05) is 19.0 Å². The normalized spacial score (nSPS) is 13.8. The Kier molecular flexibility index (Phi) is 4.06. The molecule has 7 heteroatoms. The van der Waals surface area contributed by atoms with E-state index >= 15 is 0 Å². The fourth-order valence-electron chi connectivity index (χ4n) is 2.29. The molecule has 3 rings (SSSR count). The van der Waals surface area contributed by atoms with Gasteiger partial charge in [0.2, 0.25) is 0 Å². The third-order valence-electron chi connectivity index (χ3n) is 3.35. The van der Waals surface area contributed by atoms with Gasteiger partial charge < -0.3 is 10.1 Å². The van der Waals surface area contributed by atoms with Crippen molar-refractivity contribution < 1.29 is 14.3 Å². The van der Waals surface area contributed by atoms with E-state index < -0.39 is 0 Å². The van der Waals surface area contributed by atoms with Crippen LogP contribution in [0.1, 0.15) is 32.1 Å². The first-order valence-corrected chi connectivity index (χ1v) is 7.73. The molecule has 0 bridgehead atoms. The summed E-state index contributed by atoms with van der Waals surface area (Å²) in [6.07, 6.45) is 1.58. The minimum Gasteiger partial charge on any atom is -0.496 e. The molecule has 1 aromatic carbocycles. The summed E-state index contributed by atoms with van der Waals surface area (Å²) in [5.41, 5.74) is 1.18. The van der Waals surface area contributed by atoms with Gasteiger partial charge in [-0.1, -0.05) is 23.5 Å². The van der Waals surface area contributed by atoms with E-state index in [-0.39, 0.29) is 11.8 Å². The number of benzene rings is 1. The van der Waals surface area contributed by atoms with Gasteiger partial charge in [0.15, 0.2) is 5.13 Å². The van der Waals surface area contributed by atoms with Crippen LogP contribution in [0.4, 0.5) is 5.13 Å². The van der Waals surface area contributed by atoms with Crippen molar-refractivity contribution in [1.29, 1.82) is 0 Å². The van der Waals surface area contributed by atoms with Crippen LogP contribution in [0.25, 0.3) is 0 Å². The molecule has 0 spiro atoms. The number of nitrogens with zero attached hydrogens (tertiary/aromatic N) is 1. The van der Waals surface area contributed by atoms with Crippen molar-refractivity contribution in [2.45, 2.75) is 12.8 Å². The predicted molar refractivity (Wildman–Crippen MR) is 83.7 cm³/mol. The SMILES string of the molecule is COc1ccccc1C(=O)Nc1nc2c(s1)C(=O)NCCC2. The number of methoxy groups -OCH3 is 1. The van der Waals surface area contributed by atoms with Crippen molar-refractivity contribution in [2.24, 2.45) is 0 Å². The molecule has 0 aliphatic carbocycles. The molecule has 0 atom stereocenters. The topological polar surface area (TPSA) is 80.3 Å². The highest BCUT2D eigenvalue weighted by Gasteiger charge is 2.22. The number of nitrogens with one attached hydrogen (secondary N) is 2. The highest BCUT2D eigenvalue weighted by molar-refractivity contribution is 7.17. The van der Waals surface area contributed by atoms with Gasteiger partial charge in [-0.2, -0.15) is 0 Å². The largest absolute Gasteiger partial charge is 0.496 e. The van der Waals surface area contributed by atoms with Crippen LogP contribution < -0.4 is 15.4 Å². The lowest BCUT2D eigenvalue weighted by molar-refractivity contribution is 0.0958. The minimum atomic E-state index is -0.304. The smallest absolute Gasteiger partial charge is 0.263 e. The Balaban J connectivity index is 1.83. The first kappa shape index (κ1) is 14.5. The number of carbonyl (C=O) groups excluding carboxylic acids is 2. The lowest BCUT2D eigenvalue weighted by atomic mass is 10.2. The van der Waals surface area contributed by atoms with Crippen LogP contribution in [0.5, 0.6) is 5.75 Å². The number of rotatable bonds is 3. The Morgan fingerprint density at radius 2 is 2.23 bits per heavy atom. The zero-order valence-electron chi connectivity index (χ0n) is 12.0. The fourth-order valence-corrected chi connectivity index (χ4v) is 3.21. The Bertz CT molecular complexity index is 727. The molecule has 2 amide bonds. The Labute approximate surface area is 131 Å². The van der Waals surface area contributed by atoms with Gasteiger partial charge in [-0.3, -0.25) is 14.9 Å². The number of hydrogen-bond donors (Lipinski definition) is 2. The standard InChI is InChI=1S/C15H15N3O3S/c1-21-11-7-3-2-5-9(11)13(19)18-15-17-10-6-4-8-16-14(20)12(10)22-15/h2-3,5,7H,4,6,8H2,1H3,(H,16,20)(H,17,18,19). The zero-order chi connectivity index (χ0) is 15.5. The number of thiazole rings is 1. The molecule has 6 nitrogen and oxygen atoms in total. The summed E-state index contributed by atoms with van der Waals surface area (Å²) < 4.78 is 5.18. The van der Waals surface area contributed by atoms with Gasteiger partial charge in [0.1, 0.15) is 10.6 Å². The van der Waals surface area contributed by atoms with Crippen molar-refractivity contribution in [3.63, 3.8) is 0 Å². The molecule has 114 valence electrons. The van der Waals surface area contributed by atoms with Crippen molar-refractivity contribution in [3.8, 4) is 5.75 Å². The van der Waals surface area contributed by atoms with E-state index in [0.29, 0.717) is 27.9 Å². The van der Waals surface area contributed by atoms with Crippen molar-refractivity contribution in [3.05, 3.63) is 40.4 Å². The third kappa shape index (κ3) is 2.80. The van der Waals surface area contributed by atoms with Gasteiger partial charge in [0, 0.05) is 6.54 Å². The number of carbonyl (C=O) groups is 2.